The van der Waals surface area contributed by atoms with Crippen LogP contribution in [0.4, 0.5) is 18.9 Å². The standard InChI is InChI=1S/C19H11Cl2F3N2OS/c20-14-6-2-3-11-12(14)4-1-5-13(11)17(27)26-18(28)25-16-8-7-10(9-15(16)21)19(22,23)24/h1-9H,(H2,25,26,27,28). The summed E-state index contributed by atoms with van der Waals surface area (Å²) in [5.41, 5.74) is -0.394. The molecule has 1 amide bonds. The first-order chi connectivity index (χ1) is 13.2. The van der Waals surface area contributed by atoms with Crippen LogP contribution in [0.2, 0.25) is 10.0 Å². The van der Waals surface area contributed by atoms with Gasteiger partial charge in [-0.05, 0) is 47.9 Å². The summed E-state index contributed by atoms with van der Waals surface area (Å²) in [6, 6.07) is 13.1. The van der Waals surface area contributed by atoms with Gasteiger partial charge in [0, 0.05) is 16.0 Å². The summed E-state index contributed by atoms with van der Waals surface area (Å²) in [4.78, 5) is 12.6. The van der Waals surface area contributed by atoms with Gasteiger partial charge in [0.05, 0.1) is 16.3 Å². The van der Waals surface area contributed by atoms with Crippen molar-refractivity contribution in [1.29, 1.82) is 0 Å². The van der Waals surface area contributed by atoms with Gasteiger partial charge in [-0.3, -0.25) is 10.1 Å². The van der Waals surface area contributed by atoms with Crippen molar-refractivity contribution in [2.24, 2.45) is 0 Å². The maximum absolute atomic E-state index is 12.7. The smallest absolute Gasteiger partial charge is 0.331 e. The Balaban J connectivity index is 1.77. The number of carbonyl (C=O) groups is 1. The molecule has 0 aromatic heterocycles. The minimum Gasteiger partial charge on any atom is -0.331 e. The van der Waals surface area contributed by atoms with E-state index in [0.29, 0.717) is 21.4 Å². The number of fused-ring (bicyclic) bond motifs is 1. The normalized spacial score (nSPS) is 11.3. The number of hydrogen-bond acceptors (Lipinski definition) is 2. The van der Waals surface area contributed by atoms with Crippen LogP contribution in [-0.2, 0) is 6.18 Å². The first kappa shape index (κ1) is 20.4. The summed E-state index contributed by atoms with van der Waals surface area (Å²) in [5, 5.41) is 6.68. The molecule has 3 nitrogen and oxygen atoms in total. The highest BCUT2D eigenvalue weighted by Gasteiger charge is 2.31. The predicted molar refractivity (Wildman–Crippen MR) is 109 cm³/mol. The van der Waals surface area contributed by atoms with Crippen LogP contribution in [0.5, 0.6) is 0 Å². The van der Waals surface area contributed by atoms with Crippen molar-refractivity contribution in [2.45, 2.75) is 6.18 Å². The number of benzene rings is 3. The molecule has 0 bridgehead atoms. The van der Waals surface area contributed by atoms with Gasteiger partial charge in [0.15, 0.2) is 5.11 Å². The number of carbonyl (C=O) groups excluding carboxylic acids is 1. The Morgan fingerprint density at radius 1 is 0.929 bits per heavy atom. The number of halogens is 5. The van der Waals surface area contributed by atoms with Gasteiger partial charge in [0.2, 0.25) is 0 Å². The molecule has 0 aliphatic rings. The van der Waals surface area contributed by atoms with E-state index in [1.807, 2.05) is 0 Å². The molecule has 144 valence electrons. The zero-order valence-corrected chi connectivity index (χ0v) is 16.2. The van der Waals surface area contributed by atoms with Crippen LogP contribution in [0.3, 0.4) is 0 Å². The fourth-order valence-corrected chi connectivity index (χ4v) is 3.25. The Morgan fingerprint density at radius 2 is 1.61 bits per heavy atom. The van der Waals surface area contributed by atoms with E-state index >= 15 is 0 Å². The zero-order valence-electron chi connectivity index (χ0n) is 13.9. The van der Waals surface area contributed by atoms with E-state index in [4.69, 9.17) is 35.4 Å². The summed E-state index contributed by atoms with van der Waals surface area (Å²) in [6.07, 6.45) is -4.51. The number of alkyl halides is 3. The molecule has 28 heavy (non-hydrogen) atoms. The molecule has 0 heterocycles. The Bertz CT molecular complexity index is 1090. The highest BCUT2D eigenvalue weighted by molar-refractivity contribution is 7.80. The fraction of sp³-hybridized carbons (Fsp3) is 0.0526. The third kappa shape index (κ3) is 4.38. The molecule has 0 radical (unpaired) electrons. The topological polar surface area (TPSA) is 41.1 Å². The molecular formula is C19H11Cl2F3N2OS. The van der Waals surface area contributed by atoms with Crippen LogP contribution in [0.15, 0.2) is 54.6 Å². The summed E-state index contributed by atoms with van der Waals surface area (Å²) >= 11 is 17.1. The lowest BCUT2D eigenvalue weighted by molar-refractivity contribution is -0.137. The minimum absolute atomic E-state index is 0.106. The van der Waals surface area contributed by atoms with Crippen molar-refractivity contribution in [1.82, 2.24) is 5.32 Å². The van der Waals surface area contributed by atoms with Crippen molar-refractivity contribution < 1.29 is 18.0 Å². The fourth-order valence-electron chi connectivity index (χ4n) is 2.59. The second-order valence-corrected chi connectivity index (χ2v) is 6.96. The summed E-state index contributed by atoms with van der Waals surface area (Å²) in [7, 11) is 0. The average Bonchev–Trinajstić information content (AvgIpc) is 2.62. The first-order valence-electron chi connectivity index (χ1n) is 7.83. The Hall–Kier alpha value is -2.35. The molecule has 0 spiro atoms. The van der Waals surface area contributed by atoms with Crippen molar-refractivity contribution in [3.05, 3.63) is 75.8 Å². The highest BCUT2D eigenvalue weighted by atomic mass is 35.5. The Morgan fingerprint density at radius 3 is 2.29 bits per heavy atom. The molecule has 3 rings (SSSR count). The van der Waals surface area contributed by atoms with Gasteiger partial charge in [-0.25, -0.2) is 0 Å². The van der Waals surface area contributed by atoms with Crippen LogP contribution >= 0.6 is 35.4 Å². The molecule has 0 saturated heterocycles. The average molecular weight is 443 g/mol. The molecule has 3 aromatic carbocycles. The maximum atomic E-state index is 12.7. The third-order valence-electron chi connectivity index (χ3n) is 3.89. The van der Waals surface area contributed by atoms with E-state index in [-0.39, 0.29) is 15.8 Å². The van der Waals surface area contributed by atoms with E-state index < -0.39 is 17.6 Å². The van der Waals surface area contributed by atoms with E-state index in [9.17, 15) is 18.0 Å². The van der Waals surface area contributed by atoms with Gasteiger partial charge in [-0.1, -0.05) is 47.5 Å². The van der Waals surface area contributed by atoms with Crippen LogP contribution in [0, 0.1) is 0 Å². The van der Waals surface area contributed by atoms with Crippen LogP contribution in [-0.4, -0.2) is 11.0 Å². The van der Waals surface area contributed by atoms with Crippen molar-refractivity contribution in [2.75, 3.05) is 5.32 Å². The summed E-state index contributed by atoms with van der Waals surface area (Å²) in [6.45, 7) is 0. The summed E-state index contributed by atoms with van der Waals surface area (Å²) < 4.78 is 38.1. The van der Waals surface area contributed by atoms with Crippen molar-refractivity contribution >= 4 is 62.9 Å². The number of hydrogen-bond donors (Lipinski definition) is 2. The Kier molecular flexibility index (Phi) is 5.79. The Labute approximate surface area is 173 Å². The van der Waals surface area contributed by atoms with E-state index in [2.05, 4.69) is 10.6 Å². The van der Waals surface area contributed by atoms with E-state index in [1.165, 1.54) is 0 Å². The molecule has 0 saturated carbocycles. The van der Waals surface area contributed by atoms with Gasteiger partial charge >= 0.3 is 6.18 Å². The van der Waals surface area contributed by atoms with Gasteiger partial charge in [0.25, 0.3) is 5.91 Å². The monoisotopic (exact) mass is 442 g/mol. The van der Waals surface area contributed by atoms with Crippen LogP contribution in [0.25, 0.3) is 10.8 Å². The molecule has 0 aliphatic heterocycles. The largest absolute Gasteiger partial charge is 0.416 e. The molecular weight excluding hydrogens is 432 g/mol. The maximum Gasteiger partial charge on any atom is 0.416 e. The first-order valence-corrected chi connectivity index (χ1v) is 8.99. The van der Waals surface area contributed by atoms with E-state index in [1.54, 1.807) is 36.4 Å². The zero-order chi connectivity index (χ0) is 20.5. The number of thiocarbonyl (C=S) groups is 1. The van der Waals surface area contributed by atoms with E-state index in [0.717, 1.165) is 18.2 Å². The van der Waals surface area contributed by atoms with Gasteiger partial charge in [0.1, 0.15) is 0 Å². The molecule has 0 aliphatic carbocycles. The minimum atomic E-state index is -4.51. The lowest BCUT2D eigenvalue weighted by atomic mass is 10.0. The third-order valence-corrected chi connectivity index (χ3v) is 4.73. The second-order valence-electron chi connectivity index (χ2n) is 5.74. The molecule has 3 aromatic rings. The summed E-state index contributed by atoms with van der Waals surface area (Å²) in [5.74, 6) is -0.492. The highest BCUT2D eigenvalue weighted by Crippen LogP contribution is 2.33. The number of amides is 1. The van der Waals surface area contributed by atoms with Gasteiger partial charge in [-0.15, -0.1) is 0 Å². The quantitative estimate of drug-likeness (QED) is 0.458. The predicted octanol–water partition coefficient (Wildman–Crippen LogP) is 6.29. The number of anilines is 1. The SMILES string of the molecule is O=C(NC(=S)Nc1ccc(C(F)(F)F)cc1Cl)c1cccc2c(Cl)cccc12. The molecule has 2 N–H and O–H groups in total. The van der Waals surface area contributed by atoms with Gasteiger partial charge < -0.3 is 5.32 Å². The second kappa shape index (κ2) is 7.95. The lowest BCUT2D eigenvalue weighted by Gasteiger charge is -2.14. The molecule has 0 atom stereocenters. The molecule has 0 unspecified atom stereocenters. The number of nitrogens with one attached hydrogen (secondary N) is 2. The van der Waals surface area contributed by atoms with Crippen LogP contribution in [0.1, 0.15) is 15.9 Å². The molecule has 0 fully saturated rings. The van der Waals surface area contributed by atoms with Crippen molar-refractivity contribution in [3.8, 4) is 0 Å². The van der Waals surface area contributed by atoms with Gasteiger partial charge in [-0.2, -0.15) is 13.2 Å². The molecule has 9 heteroatoms. The van der Waals surface area contributed by atoms with Crippen molar-refractivity contribution in [3.63, 3.8) is 0 Å². The number of rotatable bonds is 2. The van der Waals surface area contributed by atoms with Crippen LogP contribution < -0.4 is 10.6 Å². The lowest BCUT2D eigenvalue weighted by Crippen LogP contribution is -2.34.